The van der Waals surface area contributed by atoms with Crippen LogP contribution in [-0.2, 0) is 16.4 Å². The van der Waals surface area contributed by atoms with Crippen molar-refractivity contribution in [3.8, 4) is 5.75 Å². The first-order valence-corrected chi connectivity index (χ1v) is 10.2. The van der Waals surface area contributed by atoms with Gasteiger partial charge in [-0.3, -0.25) is 4.79 Å². The second-order valence-corrected chi connectivity index (χ2v) is 8.13. The molecule has 0 aliphatic carbocycles. The van der Waals surface area contributed by atoms with Gasteiger partial charge in [-0.1, -0.05) is 24.3 Å². The molecule has 1 aliphatic rings. The van der Waals surface area contributed by atoms with Crippen LogP contribution in [0.1, 0.15) is 15.9 Å². The van der Waals surface area contributed by atoms with Crippen molar-refractivity contribution in [2.45, 2.75) is 11.3 Å². The summed E-state index contributed by atoms with van der Waals surface area (Å²) in [5.41, 5.74) is 1.55. The van der Waals surface area contributed by atoms with Crippen LogP contribution in [-0.4, -0.2) is 34.0 Å². The predicted molar refractivity (Wildman–Crippen MR) is 103 cm³/mol. The van der Waals surface area contributed by atoms with Gasteiger partial charge in [0, 0.05) is 24.6 Å². The van der Waals surface area contributed by atoms with E-state index in [1.807, 2.05) is 24.3 Å². The fourth-order valence-electron chi connectivity index (χ4n) is 2.90. The molecule has 0 saturated carbocycles. The van der Waals surface area contributed by atoms with Crippen molar-refractivity contribution in [2.24, 2.45) is 5.92 Å². The molecular weight excluding hydrogens is 364 g/mol. The van der Waals surface area contributed by atoms with Gasteiger partial charge in [-0.05, 0) is 42.3 Å². The summed E-state index contributed by atoms with van der Waals surface area (Å²) in [4.78, 5) is 12.4. The SMILES string of the molecule is C=CCNS(=O)(=O)c1ccc(C(=O)NCC2COc3ccccc3C2)cc1. The van der Waals surface area contributed by atoms with Crippen molar-refractivity contribution >= 4 is 15.9 Å². The molecule has 0 spiro atoms. The molecule has 1 atom stereocenters. The van der Waals surface area contributed by atoms with Crippen LogP contribution >= 0.6 is 0 Å². The molecule has 1 unspecified atom stereocenters. The normalized spacial score (nSPS) is 16.1. The Morgan fingerprint density at radius 3 is 2.67 bits per heavy atom. The van der Waals surface area contributed by atoms with Crippen LogP contribution in [0.5, 0.6) is 5.75 Å². The Kier molecular flexibility index (Phi) is 5.93. The summed E-state index contributed by atoms with van der Waals surface area (Å²) in [6.07, 6.45) is 2.31. The number of fused-ring (bicyclic) bond motifs is 1. The second kappa shape index (κ2) is 8.37. The van der Waals surface area contributed by atoms with E-state index in [9.17, 15) is 13.2 Å². The summed E-state index contributed by atoms with van der Waals surface area (Å²) in [6.45, 7) is 4.68. The second-order valence-electron chi connectivity index (χ2n) is 6.36. The van der Waals surface area contributed by atoms with Crippen molar-refractivity contribution in [3.63, 3.8) is 0 Å². The maximum absolute atomic E-state index is 12.3. The minimum absolute atomic E-state index is 0.109. The van der Waals surface area contributed by atoms with Crippen molar-refractivity contribution < 1.29 is 17.9 Å². The lowest BCUT2D eigenvalue weighted by atomic mass is 9.96. The molecular formula is C20H22N2O4S. The highest BCUT2D eigenvalue weighted by Crippen LogP contribution is 2.26. The molecule has 142 valence electrons. The maximum atomic E-state index is 12.3. The fourth-order valence-corrected chi connectivity index (χ4v) is 3.90. The van der Waals surface area contributed by atoms with Crippen molar-refractivity contribution in [2.75, 3.05) is 19.7 Å². The first kappa shape index (κ1) is 19.1. The summed E-state index contributed by atoms with van der Waals surface area (Å²) >= 11 is 0. The Balaban J connectivity index is 1.57. The van der Waals surface area contributed by atoms with Crippen LogP contribution in [0.2, 0.25) is 0 Å². The Morgan fingerprint density at radius 2 is 1.93 bits per heavy atom. The molecule has 2 aromatic carbocycles. The molecule has 1 amide bonds. The lowest BCUT2D eigenvalue weighted by Gasteiger charge is -2.25. The summed E-state index contributed by atoms with van der Waals surface area (Å²) in [5, 5.41) is 2.89. The topological polar surface area (TPSA) is 84.5 Å². The Morgan fingerprint density at radius 1 is 1.19 bits per heavy atom. The zero-order chi connectivity index (χ0) is 19.3. The minimum atomic E-state index is -3.59. The lowest BCUT2D eigenvalue weighted by Crippen LogP contribution is -2.34. The molecule has 0 aromatic heterocycles. The van der Waals surface area contributed by atoms with E-state index in [0.29, 0.717) is 18.7 Å². The first-order chi connectivity index (χ1) is 13.0. The molecule has 0 fully saturated rings. The summed E-state index contributed by atoms with van der Waals surface area (Å²) in [6, 6.07) is 13.7. The maximum Gasteiger partial charge on any atom is 0.251 e. The van der Waals surface area contributed by atoms with Crippen LogP contribution in [0.4, 0.5) is 0 Å². The van der Waals surface area contributed by atoms with Gasteiger partial charge in [0.05, 0.1) is 11.5 Å². The summed E-state index contributed by atoms with van der Waals surface area (Å²) in [5.74, 6) is 0.866. The number of hydrogen-bond donors (Lipinski definition) is 2. The number of rotatable bonds is 7. The van der Waals surface area contributed by atoms with Crippen LogP contribution in [0.25, 0.3) is 0 Å². The quantitative estimate of drug-likeness (QED) is 0.714. The number of para-hydroxylation sites is 1. The Hall–Kier alpha value is -2.64. The number of ether oxygens (including phenoxy) is 1. The number of carbonyl (C=O) groups is 1. The van der Waals surface area contributed by atoms with Crippen LogP contribution < -0.4 is 14.8 Å². The number of carbonyl (C=O) groups excluding carboxylic acids is 1. The molecule has 0 saturated heterocycles. The van der Waals surface area contributed by atoms with Gasteiger partial charge >= 0.3 is 0 Å². The van der Waals surface area contributed by atoms with Gasteiger partial charge in [0.25, 0.3) is 5.91 Å². The van der Waals surface area contributed by atoms with Gasteiger partial charge in [-0.25, -0.2) is 13.1 Å². The molecule has 0 bridgehead atoms. The Bertz CT molecular complexity index is 923. The fraction of sp³-hybridized carbons (Fsp3) is 0.250. The highest BCUT2D eigenvalue weighted by Gasteiger charge is 2.20. The molecule has 7 heteroatoms. The largest absolute Gasteiger partial charge is 0.493 e. The molecule has 1 aliphatic heterocycles. The van der Waals surface area contributed by atoms with Crippen LogP contribution in [0.3, 0.4) is 0 Å². The minimum Gasteiger partial charge on any atom is -0.493 e. The third-order valence-corrected chi connectivity index (χ3v) is 5.79. The molecule has 2 N–H and O–H groups in total. The van der Waals surface area contributed by atoms with Crippen LogP contribution in [0, 0.1) is 5.92 Å². The smallest absolute Gasteiger partial charge is 0.251 e. The van der Waals surface area contributed by atoms with E-state index >= 15 is 0 Å². The first-order valence-electron chi connectivity index (χ1n) is 8.69. The average Bonchev–Trinajstić information content (AvgIpc) is 2.70. The van der Waals surface area contributed by atoms with Gasteiger partial charge < -0.3 is 10.1 Å². The Labute approximate surface area is 159 Å². The molecule has 6 nitrogen and oxygen atoms in total. The average molecular weight is 386 g/mol. The number of benzene rings is 2. The van der Waals surface area contributed by atoms with E-state index in [0.717, 1.165) is 17.7 Å². The number of hydrogen-bond acceptors (Lipinski definition) is 4. The lowest BCUT2D eigenvalue weighted by molar-refractivity contribution is 0.0939. The van der Waals surface area contributed by atoms with Crippen molar-refractivity contribution in [3.05, 3.63) is 72.3 Å². The molecule has 2 aromatic rings. The van der Waals surface area contributed by atoms with E-state index in [4.69, 9.17) is 4.74 Å². The molecule has 1 heterocycles. The van der Waals surface area contributed by atoms with Crippen LogP contribution in [0.15, 0.2) is 66.1 Å². The standard InChI is InChI=1S/C20H22N2O4S/c1-2-11-22-27(24,25)18-9-7-16(8-10-18)20(23)21-13-15-12-17-5-3-4-6-19(17)26-14-15/h2-10,15,22H,1,11-14H2,(H,21,23). The highest BCUT2D eigenvalue weighted by atomic mass is 32.2. The zero-order valence-electron chi connectivity index (χ0n) is 14.9. The monoisotopic (exact) mass is 386 g/mol. The molecule has 27 heavy (non-hydrogen) atoms. The van der Waals surface area contributed by atoms with E-state index in [-0.39, 0.29) is 23.3 Å². The van der Waals surface area contributed by atoms with Crippen molar-refractivity contribution in [1.82, 2.24) is 10.0 Å². The molecule has 0 radical (unpaired) electrons. The van der Waals surface area contributed by atoms with Gasteiger partial charge in [0.15, 0.2) is 0 Å². The highest BCUT2D eigenvalue weighted by molar-refractivity contribution is 7.89. The number of amides is 1. The third-order valence-electron chi connectivity index (χ3n) is 4.35. The van der Waals surface area contributed by atoms with Gasteiger partial charge in [-0.2, -0.15) is 0 Å². The van der Waals surface area contributed by atoms with Gasteiger partial charge in [0.1, 0.15) is 5.75 Å². The molecule has 3 rings (SSSR count). The predicted octanol–water partition coefficient (Wildman–Crippen LogP) is 2.13. The van der Waals surface area contributed by atoms with Gasteiger partial charge in [-0.15, -0.1) is 6.58 Å². The van der Waals surface area contributed by atoms with Gasteiger partial charge in [0.2, 0.25) is 10.0 Å². The number of nitrogens with one attached hydrogen (secondary N) is 2. The third kappa shape index (κ3) is 4.75. The zero-order valence-corrected chi connectivity index (χ0v) is 15.7. The summed E-state index contributed by atoms with van der Waals surface area (Å²) in [7, 11) is -3.59. The van der Waals surface area contributed by atoms with E-state index in [1.54, 1.807) is 0 Å². The number of sulfonamides is 1. The van der Waals surface area contributed by atoms with E-state index in [1.165, 1.54) is 30.3 Å². The van der Waals surface area contributed by atoms with E-state index < -0.39 is 10.0 Å². The van der Waals surface area contributed by atoms with Crippen molar-refractivity contribution in [1.29, 1.82) is 0 Å². The van der Waals surface area contributed by atoms with E-state index in [2.05, 4.69) is 16.6 Å². The summed E-state index contributed by atoms with van der Waals surface area (Å²) < 4.78 is 32.2.